The van der Waals surface area contributed by atoms with Crippen molar-refractivity contribution in [3.63, 3.8) is 0 Å². The summed E-state index contributed by atoms with van der Waals surface area (Å²) in [6.45, 7) is 26.6. The Morgan fingerprint density at radius 2 is 1.38 bits per heavy atom. The molecular weight excluding hydrogens is 967 g/mol. The molecule has 0 spiro atoms. The molecule has 9 aromatic rings. The molecule has 0 aliphatic heterocycles. The second-order valence-electron chi connectivity index (χ2n) is 20.0. The van der Waals surface area contributed by atoms with Crippen molar-refractivity contribution in [1.29, 1.82) is 0 Å². The summed E-state index contributed by atoms with van der Waals surface area (Å²) in [7, 11) is 0. The van der Waals surface area contributed by atoms with E-state index in [1.54, 1.807) is 11.3 Å². The van der Waals surface area contributed by atoms with Gasteiger partial charge in [-0.1, -0.05) is 141 Å². The second kappa shape index (κ2) is 17.7. The van der Waals surface area contributed by atoms with Crippen LogP contribution in [0.25, 0.3) is 76.9 Å². The third-order valence-corrected chi connectivity index (χ3v) is 12.8. The largest absolute Gasteiger partial charge is 0.498 e. The summed E-state index contributed by atoms with van der Waals surface area (Å²) in [6.07, 6.45) is 5.00. The van der Waals surface area contributed by atoms with E-state index in [4.69, 9.17) is 14.4 Å². The minimum absolute atomic E-state index is 0. The van der Waals surface area contributed by atoms with Gasteiger partial charge in [-0.3, -0.25) is 0 Å². The first-order valence-corrected chi connectivity index (χ1v) is 22.4. The van der Waals surface area contributed by atoms with Crippen LogP contribution in [-0.4, -0.2) is 15.0 Å². The molecule has 0 saturated carbocycles. The fraction of sp³-hybridized carbons (Fsp3) is 0.281. The molecule has 9 rings (SSSR count). The average Bonchev–Trinajstić information content (AvgIpc) is 3.84. The minimum Gasteiger partial charge on any atom is -0.498 e. The van der Waals surface area contributed by atoms with Gasteiger partial charge in [-0.15, -0.1) is 64.9 Å². The fourth-order valence-electron chi connectivity index (χ4n) is 8.20. The molecular formula is C57H57IrN3OS-2. The van der Waals surface area contributed by atoms with E-state index in [2.05, 4.69) is 191 Å². The van der Waals surface area contributed by atoms with Crippen molar-refractivity contribution in [2.45, 2.75) is 100 Å². The van der Waals surface area contributed by atoms with Gasteiger partial charge < -0.3 is 14.4 Å². The van der Waals surface area contributed by atoms with Crippen molar-refractivity contribution in [3.05, 3.63) is 160 Å². The van der Waals surface area contributed by atoms with Gasteiger partial charge >= 0.3 is 0 Å². The Morgan fingerprint density at radius 1 is 0.667 bits per heavy atom. The smallest absolute Gasteiger partial charge is 0.148 e. The number of aromatic nitrogens is 3. The van der Waals surface area contributed by atoms with Gasteiger partial charge in [0.05, 0.1) is 15.3 Å². The number of thiazole rings is 1. The molecule has 63 heavy (non-hydrogen) atoms. The van der Waals surface area contributed by atoms with Crippen LogP contribution in [0.5, 0.6) is 0 Å². The van der Waals surface area contributed by atoms with Gasteiger partial charge in [0.25, 0.3) is 0 Å². The second-order valence-corrected chi connectivity index (χ2v) is 21.1. The van der Waals surface area contributed by atoms with Crippen LogP contribution < -0.4 is 0 Å². The van der Waals surface area contributed by atoms with Crippen molar-refractivity contribution < 1.29 is 24.5 Å². The molecule has 0 fully saturated rings. The van der Waals surface area contributed by atoms with Crippen LogP contribution in [0.3, 0.4) is 0 Å². The zero-order chi connectivity index (χ0) is 44.1. The molecule has 0 N–H and O–H groups in total. The number of hydrogen-bond donors (Lipinski definition) is 0. The average molecular weight is 1020 g/mol. The van der Waals surface area contributed by atoms with E-state index in [-0.39, 0.29) is 30.9 Å². The maximum absolute atomic E-state index is 6.63. The van der Waals surface area contributed by atoms with Crippen LogP contribution in [0, 0.1) is 38.3 Å². The maximum Gasteiger partial charge on any atom is 0.148 e. The SMILES string of the molecule is Cc1c[c-]c(-c2cc(-c3ccc(CC(C)(C)C)cc3)ccn2)cc1.Cc1cccc(C)c1-c1cnc(-c2[c-]ccc3c2oc2c3ccc3sc(C(C)(C)C)nc32)cc1C(C)(C)C.[Ir]. The zero-order valence-corrected chi connectivity index (χ0v) is 41.9. The van der Waals surface area contributed by atoms with E-state index in [0.29, 0.717) is 5.41 Å². The van der Waals surface area contributed by atoms with Gasteiger partial charge in [0.2, 0.25) is 0 Å². The number of rotatable bonds is 5. The topological polar surface area (TPSA) is 51.8 Å². The molecule has 0 saturated heterocycles. The van der Waals surface area contributed by atoms with Crippen molar-refractivity contribution in [3.8, 4) is 44.8 Å². The Hall–Kier alpha value is -5.26. The van der Waals surface area contributed by atoms with Gasteiger partial charge in [-0.25, -0.2) is 4.98 Å². The summed E-state index contributed by atoms with van der Waals surface area (Å²) in [5, 5.41) is 3.27. The number of pyridine rings is 2. The summed E-state index contributed by atoms with van der Waals surface area (Å²) >= 11 is 1.74. The van der Waals surface area contributed by atoms with Crippen LogP contribution in [0.2, 0.25) is 0 Å². The zero-order valence-electron chi connectivity index (χ0n) is 38.7. The third-order valence-electron chi connectivity index (χ3n) is 11.3. The molecule has 1 radical (unpaired) electrons. The Kier molecular flexibility index (Phi) is 12.9. The van der Waals surface area contributed by atoms with Crippen molar-refractivity contribution >= 4 is 43.5 Å². The maximum atomic E-state index is 6.63. The molecule has 0 atom stereocenters. The Labute approximate surface area is 391 Å². The van der Waals surface area contributed by atoms with Gasteiger partial charge in [0.1, 0.15) is 11.1 Å². The molecule has 0 amide bonds. The van der Waals surface area contributed by atoms with Gasteiger partial charge in [0.15, 0.2) is 0 Å². The summed E-state index contributed by atoms with van der Waals surface area (Å²) < 4.78 is 7.78. The number of hydrogen-bond acceptors (Lipinski definition) is 5. The fourth-order valence-corrected chi connectivity index (χ4v) is 9.22. The van der Waals surface area contributed by atoms with Crippen molar-refractivity contribution in [2.75, 3.05) is 0 Å². The molecule has 5 aromatic carbocycles. The number of nitrogens with zero attached hydrogens (tertiary/aromatic N) is 3. The normalized spacial score (nSPS) is 12.1. The molecule has 323 valence electrons. The standard InChI is InChI=1S/C34H33N2OS.C23H24N.Ir/c1-19-11-9-12-20(2)28(19)24-18-35-26(17-25(24)33(3,4)5)23-14-10-13-21-22-15-16-27-29(31(22)37-30(21)23)36-32(38-27)34(6,7)8;1-17-5-9-20(10-6-17)22-15-21(13-14-24-22)19-11-7-18(8-12-19)16-23(2,3)4;/h9-13,15-18H,1-8H3;5-9,11-15H,16H2,1-4H3;/q2*-1;. The predicted molar refractivity (Wildman–Crippen MR) is 263 cm³/mol. The first kappa shape index (κ1) is 45.8. The van der Waals surface area contributed by atoms with Gasteiger partial charge in [-0.2, -0.15) is 0 Å². The Morgan fingerprint density at radius 3 is 2.03 bits per heavy atom. The summed E-state index contributed by atoms with van der Waals surface area (Å²) in [4.78, 5) is 14.5. The van der Waals surface area contributed by atoms with E-state index in [9.17, 15) is 0 Å². The number of furan rings is 1. The van der Waals surface area contributed by atoms with Gasteiger partial charge in [0, 0.05) is 48.9 Å². The Balaban J connectivity index is 0.000000206. The first-order valence-electron chi connectivity index (χ1n) is 21.6. The number of fused-ring (bicyclic) bond motifs is 5. The van der Waals surface area contributed by atoms with Crippen LogP contribution in [-0.2, 0) is 37.4 Å². The van der Waals surface area contributed by atoms with Crippen LogP contribution >= 0.6 is 11.3 Å². The van der Waals surface area contributed by atoms with Crippen LogP contribution in [0.1, 0.15) is 95.1 Å². The molecule has 6 heteroatoms. The Bertz CT molecular complexity index is 3040. The van der Waals surface area contributed by atoms with Crippen LogP contribution in [0.15, 0.2) is 120 Å². The minimum atomic E-state index is -0.0698. The van der Waals surface area contributed by atoms with Crippen molar-refractivity contribution in [2.24, 2.45) is 5.41 Å². The summed E-state index contributed by atoms with van der Waals surface area (Å²) in [5.74, 6) is 0. The molecule has 0 aliphatic carbocycles. The molecule has 4 nitrogen and oxygen atoms in total. The predicted octanol–water partition coefficient (Wildman–Crippen LogP) is 16.0. The number of aryl methyl sites for hydroxylation is 3. The van der Waals surface area contributed by atoms with E-state index in [0.717, 1.165) is 66.1 Å². The molecule has 0 bridgehead atoms. The van der Waals surface area contributed by atoms with E-state index in [1.165, 1.54) is 50.1 Å². The van der Waals surface area contributed by atoms with E-state index >= 15 is 0 Å². The molecule has 4 aromatic heterocycles. The van der Waals surface area contributed by atoms with Gasteiger partial charge in [-0.05, 0) is 93.6 Å². The third kappa shape index (κ3) is 9.80. The van der Waals surface area contributed by atoms with Crippen molar-refractivity contribution in [1.82, 2.24) is 15.0 Å². The molecule has 0 aliphatic rings. The van der Waals surface area contributed by atoms with E-state index in [1.807, 2.05) is 24.5 Å². The summed E-state index contributed by atoms with van der Waals surface area (Å²) in [6, 6.07) is 43.1. The van der Waals surface area contributed by atoms with E-state index < -0.39 is 0 Å². The quantitative estimate of drug-likeness (QED) is 0.161. The van der Waals surface area contributed by atoms with Crippen LogP contribution in [0.4, 0.5) is 0 Å². The summed E-state index contributed by atoms with van der Waals surface area (Å²) in [5.41, 5.74) is 17.8. The number of benzene rings is 5. The molecule has 0 unspecified atom stereocenters. The first-order chi connectivity index (χ1) is 29.3. The molecule has 4 heterocycles. The monoisotopic (exact) mass is 1020 g/mol.